The Morgan fingerprint density at radius 2 is 1.96 bits per heavy atom. The zero-order valence-electron chi connectivity index (χ0n) is 14.9. The topological polar surface area (TPSA) is 36.7 Å². The zero-order chi connectivity index (χ0) is 17.5. The molecular weight excluding hydrogens is 324 g/mol. The molecule has 1 amide bonds. The van der Waals surface area contributed by atoms with Crippen LogP contribution in [-0.2, 0) is 4.79 Å². The number of likely N-dealkylation sites (N-methyl/N-ethyl adjacent to an activating group) is 1. The highest BCUT2D eigenvalue weighted by molar-refractivity contribution is 6.06. The van der Waals surface area contributed by atoms with Gasteiger partial charge in [-0.25, -0.2) is 0 Å². The minimum absolute atomic E-state index is 0.256. The van der Waals surface area contributed by atoms with Gasteiger partial charge in [0.25, 0.3) is 0 Å². The number of fused-ring (bicyclic) bond motifs is 3. The highest BCUT2D eigenvalue weighted by Gasteiger charge is 2.64. The molecule has 3 aliphatic heterocycles. The lowest BCUT2D eigenvalue weighted by Crippen LogP contribution is -2.49. The van der Waals surface area contributed by atoms with Crippen LogP contribution in [0, 0.1) is 5.92 Å². The summed E-state index contributed by atoms with van der Waals surface area (Å²) in [4.78, 5) is 17.5. The van der Waals surface area contributed by atoms with Crippen LogP contribution in [-0.4, -0.2) is 41.4 Å². The number of carbonyl (C=O) groups is 1. The molecule has 0 saturated carbocycles. The van der Waals surface area contributed by atoms with E-state index in [-0.39, 0.29) is 11.6 Å². The number of rotatable bonds is 1. The molecule has 6 rings (SSSR count). The van der Waals surface area contributed by atoms with Gasteiger partial charge in [0.05, 0.1) is 0 Å². The first-order chi connectivity index (χ1) is 12.7. The van der Waals surface area contributed by atoms with Crippen LogP contribution in [0.5, 0.6) is 0 Å². The monoisotopic (exact) mass is 346 g/mol. The van der Waals surface area contributed by atoms with Crippen molar-refractivity contribution in [1.29, 1.82) is 0 Å². The molecule has 4 heterocycles. The van der Waals surface area contributed by atoms with Gasteiger partial charge in [0.15, 0.2) is 0 Å². The van der Waals surface area contributed by atoms with Crippen LogP contribution in [0.3, 0.4) is 0 Å². The fourth-order valence-electron chi connectivity index (χ4n) is 6.03. The van der Waals surface area contributed by atoms with Crippen molar-refractivity contribution in [2.45, 2.75) is 30.8 Å². The van der Waals surface area contributed by atoms with Gasteiger partial charge < -0.3 is 9.32 Å². The fourth-order valence-corrected chi connectivity index (χ4v) is 6.03. The number of nitrogens with zero attached hydrogens (tertiary/aromatic N) is 2. The van der Waals surface area contributed by atoms with E-state index < -0.39 is 0 Å². The fraction of sp³-hybridized carbons (Fsp3) is 0.409. The maximum atomic E-state index is 13.0. The molecule has 4 nitrogen and oxygen atoms in total. The molecule has 0 bridgehead atoms. The first-order valence-electron chi connectivity index (χ1n) is 9.62. The van der Waals surface area contributed by atoms with E-state index >= 15 is 0 Å². The number of likely N-dealkylation sites (tertiary alicyclic amines) is 1. The highest BCUT2D eigenvalue weighted by Crippen LogP contribution is 2.56. The van der Waals surface area contributed by atoms with Crippen LogP contribution in [0.4, 0.5) is 0 Å². The van der Waals surface area contributed by atoms with Crippen LogP contribution < -0.4 is 0 Å². The minimum atomic E-state index is -0.256. The third-order valence-corrected chi connectivity index (χ3v) is 7.03. The van der Waals surface area contributed by atoms with Crippen molar-refractivity contribution < 1.29 is 9.21 Å². The summed E-state index contributed by atoms with van der Waals surface area (Å²) in [6, 6.07) is 15.0. The summed E-state index contributed by atoms with van der Waals surface area (Å²) >= 11 is 0. The molecule has 1 aromatic heterocycles. The average molecular weight is 346 g/mol. The lowest BCUT2D eigenvalue weighted by molar-refractivity contribution is -0.135. The van der Waals surface area contributed by atoms with Gasteiger partial charge in [-0.1, -0.05) is 36.4 Å². The van der Waals surface area contributed by atoms with E-state index in [0.29, 0.717) is 11.8 Å². The third-order valence-electron chi connectivity index (χ3n) is 7.03. The van der Waals surface area contributed by atoms with E-state index in [1.54, 1.807) is 0 Å². The van der Waals surface area contributed by atoms with Crippen molar-refractivity contribution in [3.8, 4) is 0 Å². The number of amides is 1. The van der Waals surface area contributed by atoms with Crippen LogP contribution in [0.2, 0.25) is 0 Å². The molecule has 3 fully saturated rings. The Bertz CT molecular complexity index is 1050. The maximum absolute atomic E-state index is 13.0. The Hall–Kier alpha value is -2.33. The van der Waals surface area contributed by atoms with E-state index in [4.69, 9.17) is 4.42 Å². The van der Waals surface area contributed by atoms with Gasteiger partial charge in [-0.3, -0.25) is 9.69 Å². The normalized spacial score (nSPS) is 31.3. The number of furan rings is 1. The van der Waals surface area contributed by atoms with Gasteiger partial charge in [-0.05, 0) is 31.9 Å². The molecule has 0 N–H and O–H groups in total. The molecule has 26 heavy (non-hydrogen) atoms. The molecular formula is C22H22N2O2. The molecule has 3 atom stereocenters. The van der Waals surface area contributed by atoms with Gasteiger partial charge in [-0.15, -0.1) is 0 Å². The molecule has 0 aliphatic carbocycles. The molecule has 2 aromatic carbocycles. The molecule has 3 aromatic rings. The summed E-state index contributed by atoms with van der Waals surface area (Å²) in [6.07, 6.45) is 3.17. The Labute approximate surface area is 152 Å². The number of para-hydroxylation sites is 2. The summed E-state index contributed by atoms with van der Waals surface area (Å²) < 4.78 is 6.29. The van der Waals surface area contributed by atoms with Crippen LogP contribution >= 0.6 is 0 Å². The van der Waals surface area contributed by atoms with Gasteiger partial charge in [0.1, 0.15) is 16.7 Å². The van der Waals surface area contributed by atoms with E-state index in [0.717, 1.165) is 43.5 Å². The summed E-state index contributed by atoms with van der Waals surface area (Å²) in [7, 11) is 1.96. The van der Waals surface area contributed by atoms with Crippen molar-refractivity contribution in [2.24, 2.45) is 5.92 Å². The second-order valence-electron chi connectivity index (χ2n) is 8.18. The van der Waals surface area contributed by atoms with Crippen molar-refractivity contribution in [1.82, 2.24) is 9.80 Å². The Kier molecular flexibility index (Phi) is 2.78. The lowest BCUT2D eigenvalue weighted by Gasteiger charge is -2.33. The smallest absolute Gasteiger partial charge is 0.243 e. The van der Waals surface area contributed by atoms with E-state index in [1.165, 1.54) is 16.3 Å². The van der Waals surface area contributed by atoms with Crippen LogP contribution in [0.15, 0.2) is 46.9 Å². The van der Waals surface area contributed by atoms with Gasteiger partial charge in [-0.2, -0.15) is 0 Å². The van der Waals surface area contributed by atoms with Crippen LogP contribution in [0.1, 0.15) is 30.9 Å². The third kappa shape index (κ3) is 1.62. The highest BCUT2D eigenvalue weighted by atomic mass is 16.3. The summed E-state index contributed by atoms with van der Waals surface area (Å²) in [5.41, 5.74) is 2.94. The average Bonchev–Trinajstić information content (AvgIpc) is 3.36. The molecule has 3 aliphatic rings. The van der Waals surface area contributed by atoms with Gasteiger partial charge >= 0.3 is 0 Å². The Morgan fingerprint density at radius 3 is 2.88 bits per heavy atom. The molecule has 0 radical (unpaired) electrons. The predicted molar refractivity (Wildman–Crippen MR) is 101 cm³/mol. The SMILES string of the molecule is CN1C[C@@H]2C[C@@H](c3cccc4c3oc3ccccc34)N3CCC[C@@]23C1=O. The van der Waals surface area contributed by atoms with Crippen molar-refractivity contribution in [2.75, 3.05) is 20.1 Å². The maximum Gasteiger partial charge on any atom is 0.243 e. The number of hydrogen-bond donors (Lipinski definition) is 0. The van der Waals surface area contributed by atoms with Crippen molar-refractivity contribution in [3.63, 3.8) is 0 Å². The molecule has 3 saturated heterocycles. The van der Waals surface area contributed by atoms with E-state index in [2.05, 4.69) is 35.2 Å². The molecule has 132 valence electrons. The van der Waals surface area contributed by atoms with Crippen molar-refractivity contribution in [3.05, 3.63) is 48.0 Å². The second-order valence-corrected chi connectivity index (χ2v) is 8.18. The molecule has 1 spiro atoms. The molecule has 0 unspecified atom stereocenters. The Morgan fingerprint density at radius 1 is 1.12 bits per heavy atom. The Balaban J connectivity index is 1.54. The lowest BCUT2D eigenvalue weighted by atomic mass is 9.85. The summed E-state index contributed by atoms with van der Waals surface area (Å²) in [6.45, 7) is 1.90. The van der Waals surface area contributed by atoms with E-state index in [9.17, 15) is 4.79 Å². The quantitative estimate of drug-likeness (QED) is 0.669. The number of carbonyl (C=O) groups excluding carboxylic acids is 1. The standard InChI is InChI=1S/C22H22N2O2/c1-23-13-14-12-18(24-11-5-10-22(14,24)21(23)25)17-8-4-7-16-15-6-2-3-9-19(15)26-20(16)17/h2-4,6-9,14,18H,5,10-13H2,1H3/t14-,18-,22-/m0/s1. The largest absolute Gasteiger partial charge is 0.456 e. The summed E-state index contributed by atoms with van der Waals surface area (Å²) in [5.74, 6) is 0.770. The molecule has 4 heteroatoms. The predicted octanol–water partition coefficient (Wildman–Crippen LogP) is 3.95. The van der Waals surface area contributed by atoms with Gasteiger partial charge in [0, 0.05) is 41.9 Å². The van der Waals surface area contributed by atoms with E-state index in [1.807, 2.05) is 24.1 Å². The van der Waals surface area contributed by atoms with Crippen molar-refractivity contribution >= 4 is 27.8 Å². The first-order valence-corrected chi connectivity index (χ1v) is 9.62. The number of hydrogen-bond acceptors (Lipinski definition) is 3. The van der Waals surface area contributed by atoms with Gasteiger partial charge in [0.2, 0.25) is 5.91 Å². The zero-order valence-corrected chi connectivity index (χ0v) is 14.9. The second kappa shape index (κ2) is 4.89. The first kappa shape index (κ1) is 14.8. The minimum Gasteiger partial charge on any atom is -0.456 e. The summed E-state index contributed by atoms with van der Waals surface area (Å²) in [5, 5.41) is 2.36. The number of benzene rings is 2. The van der Waals surface area contributed by atoms with Crippen LogP contribution in [0.25, 0.3) is 21.9 Å².